The van der Waals surface area contributed by atoms with Gasteiger partial charge >= 0.3 is 5.97 Å². The third-order valence-electron chi connectivity index (χ3n) is 7.19. The Bertz CT molecular complexity index is 1530. The lowest BCUT2D eigenvalue weighted by atomic mass is 10.1. The topological polar surface area (TPSA) is 181 Å². The molecule has 0 spiro atoms. The van der Waals surface area contributed by atoms with Crippen LogP contribution in [-0.4, -0.2) is 81.5 Å². The van der Waals surface area contributed by atoms with Gasteiger partial charge in [0.15, 0.2) is 5.75 Å². The Hall–Kier alpha value is -3.81. The fourth-order valence-electron chi connectivity index (χ4n) is 5.07. The zero-order valence-corrected chi connectivity index (χ0v) is 27.5. The van der Waals surface area contributed by atoms with Crippen molar-refractivity contribution in [2.24, 2.45) is 16.5 Å². The second-order valence-electron chi connectivity index (χ2n) is 10.3. The molecule has 1 fully saturated rings. The molecule has 2 aliphatic heterocycles. The number of nitrogen functional groups attached to an aromatic ring is 1. The van der Waals surface area contributed by atoms with E-state index in [0.717, 1.165) is 55.5 Å². The highest BCUT2D eigenvalue weighted by Crippen LogP contribution is 2.30. The number of carbonyl (C=O) groups is 2. The number of nitrogens with zero attached hydrogens (tertiary/aromatic N) is 3. The number of carbonyl (C=O) groups excluding carboxylic acids is 2. The molecule has 2 heterocycles. The van der Waals surface area contributed by atoms with Crippen LogP contribution in [-0.2, 0) is 19.6 Å². The Morgan fingerprint density at radius 1 is 1.13 bits per heavy atom. The van der Waals surface area contributed by atoms with E-state index in [2.05, 4.69) is 9.89 Å². The van der Waals surface area contributed by atoms with E-state index in [-0.39, 0.29) is 66.9 Å². The Morgan fingerprint density at radius 3 is 2.49 bits per heavy atom. The smallest absolute Gasteiger partial charge is 0.323 e. The number of halogens is 2. The van der Waals surface area contributed by atoms with Crippen LogP contribution in [0.5, 0.6) is 5.75 Å². The lowest BCUT2D eigenvalue weighted by molar-refractivity contribution is -0.139. The van der Waals surface area contributed by atoms with Crippen LogP contribution in [0.1, 0.15) is 54.1 Å². The average Bonchev–Trinajstić information content (AvgIpc) is 3.51. The van der Waals surface area contributed by atoms with Gasteiger partial charge in [0.1, 0.15) is 17.7 Å². The van der Waals surface area contributed by atoms with Crippen LogP contribution >= 0.6 is 24.8 Å². The third-order valence-corrected chi connectivity index (χ3v) is 8.82. The van der Waals surface area contributed by atoms with Crippen LogP contribution in [0, 0.1) is 5.41 Å². The van der Waals surface area contributed by atoms with E-state index in [9.17, 15) is 18.0 Å². The van der Waals surface area contributed by atoms with Gasteiger partial charge in [-0.25, -0.2) is 8.42 Å². The summed E-state index contributed by atoms with van der Waals surface area (Å²) in [7, 11) is -4.23. The molecule has 0 unspecified atom stereocenters. The first-order valence-corrected chi connectivity index (χ1v) is 15.8. The molecule has 0 saturated carbocycles. The predicted octanol–water partition coefficient (Wildman–Crippen LogP) is 3.36. The van der Waals surface area contributed by atoms with Gasteiger partial charge in [0, 0.05) is 44.5 Å². The molecule has 246 valence electrons. The van der Waals surface area contributed by atoms with Crippen molar-refractivity contribution in [3.63, 3.8) is 0 Å². The van der Waals surface area contributed by atoms with Crippen molar-refractivity contribution >= 4 is 70.1 Å². The van der Waals surface area contributed by atoms with Gasteiger partial charge in [-0.15, -0.1) is 24.8 Å². The Morgan fingerprint density at radius 2 is 1.87 bits per heavy atom. The minimum Gasteiger partial charge on any atom is -0.489 e. The summed E-state index contributed by atoms with van der Waals surface area (Å²) in [5.41, 5.74) is 12.7. The second-order valence-corrected chi connectivity index (χ2v) is 12.2. The standard InChI is InChI=1S/C30H38N6O6S.2ClH/c1-2-41-28(37)20-43(39,40)36(15-5-7-21-6-3-8-22(18-21)29(31)32)23-10-11-26(25(19-23)30(33)38)42-24-12-16-35(17-13-24)27-9-4-14-34-27;;/h3,5-8,10-11,18-19,24H,2,4,9,12-17,20H2,1H3,(H3,31,32)(H2,33,38);2*1H/b7-5+;;. The number of primary amides is 1. The number of anilines is 1. The van der Waals surface area contributed by atoms with Crippen molar-refractivity contribution in [3.8, 4) is 5.75 Å². The maximum Gasteiger partial charge on any atom is 0.323 e. The van der Waals surface area contributed by atoms with Gasteiger partial charge in [-0.05, 0) is 43.2 Å². The Kier molecular flexibility index (Phi) is 14.2. The third kappa shape index (κ3) is 10.1. The SMILES string of the molecule is CCOC(=O)CS(=O)(=O)N(C/C=C/c1cccc(C(=N)N)c1)c1ccc(OC2CCN(C3=NCCC3)CC2)c(C(N)=O)c1.Cl.Cl. The molecule has 1 amide bonds. The van der Waals surface area contributed by atoms with Crippen LogP contribution in [0.2, 0.25) is 0 Å². The van der Waals surface area contributed by atoms with Crippen molar-refractivity contribution < 1.29 is 27.5 Å². The number of piperidine rings is 1. The summed E-state index contributed by atoms with van der Waals surface area (Å²) in [5.74, 6) is -1.23. The molecule has 0 bridgehead atoms. The molecule has 15 heteroatoms. The molecule has 0 aromatic heterocycles. The summed E-state index contributed by atoms with van der Waals surface area (Å²) in [4.78, 5) is 31.5. The monoisotopic (exact) mass is 682 g/mol. The molecule has 2 aromatic carbocycles. The molecule has 0 radical (unpaired) electrons. The van der Waals surface area contributed by atoms with Crippen molar-refractivity contribution in [3.05, 3.63) is 65.2 Å². The predicted molar refractivity (Wildman–Crippen MR) is 180 cm³/mol. The lowest BCUT2D eigenvalue weighted by Gasteiger charge is -2.34. The molecule has 4 rings (SSSR count). The van der Waals surface area contributed by atoms with Gasteiger partial charge in [0.05, 0.1) is 30.2 Å². The average molecular weight is 684 g/mol. The number of amides is 1. The highest BCUT2D eigenvalue weighted by atomic mass is 35.5. The number of hydrogen-bond donors (Lipinski definition) is 3. The normalized spacial score (nSPS) is 15.0. The Labute approximate surface area is 276 Å². The van der Waals surface area contributed by atoms with Gasteiger partial charge < -0.3 is 25.8 Å². The van der Waals surface area contributed by atoms with Gasteiger partial charge in [-0.2, -0.15) is 0 Å². The minimum absolute atomic E-state index is 0. The van der Waals surface area contributed by atoms with Crippen molar-refractivity contribution in [2.45, 2.75) is 38.7 Å². The minimum atomic E-state index is -4.23. The number of benzene rings is 2. The number of rotatable bonds is 12. The van der Waals surface area contributed by atoms with Gasteiger partial charge in [-0.3, -0.25) is 24.3 Å². The molecular weight excluding hydrogens is 643 g/mol. The summed E-state index contributed by atoms with van der Waals surface area (Å²) in [6.07, 6.45) is 6.70. The molecule has 0 aliphatic carbocycles. The summed E-state index contributed by atoms with van der Waals surface area (Å²) < 4.78 is 38.9. The molecule has 2 aromatic rings. The molecule has 2 aliphatic rings. The lowest BCUT2D eigenvalue weighted by Crippen LogP contribution is -2.41. The van der Waals surface area contributed by atoms with Gasteiger partial charge in [0.25, 0.3) is 5.91 Å². The van der Waals surface area contributed by atoms with E-state index in [1.54, 1.807) is 43.3 Å². The van der Waals surface area contributed by atoms with Gasteiger partial charge in [0.2, 0.25) is 10.0 Å². The fraction of sp³-hybridized carbons (Fsp3) is 0.400. The molecular formula is C30H40Cl2N6O6S. The number of esters is 1. The largest absolute Gasteiger partial charge is 0.489 e. The van der Waals surface area contributed by atoms with Crippen LogP contribution < -0.4 is 20.5 Å². The zero-order chi connectivity index (χ0) is 31.0. The highest BCUT2D eigenvalue weighted by Gasteiger charge is 2.29. The van der Waals surface area contributed by atoms with Crippen molar-refractivity contribution in [1.29, 1.82) is 5.41 Å². The number of amidine groups is 2. The number of aliphatic imine (C=N–C) groups is 1. The number of nitrogens with two attached hydrogens (primary N) is 2. The Balaban J connectivity index is 0.00000353. The summed E-state index contributed by atoms with van der Waals surface area (Å²) >= 11 is 0. The molecule has 5 N–H and O–H groups in total. The van der Waals surface area contributed by atoms with E-state index >= 15 is 0 Å². The van der Waals surface area contributed by atoms with Crippen LogP contribution in [0.25, 0.3) is 6.08 Å². The number of ether oxygens (including phenoxy) is 2. The number of likely N-dealkylation sites (tertiary alicyclic amines) is 1. The molecule has 12 nitrogen and oxygen atoms in total. The fourth-order valence-corrected chi connectivity index (χ4v) is 6.35. The quantitative estimate of drug-likeness (QED) is 0.173. The maximum absolute atomic E-state index is 13.4. The number of hydrogen-bond acceptors (Lipinski definition) is 9. The van der Waals surface area contributed by atoms with E-state index in [0.29, 0.717) is 11.1 Å². The number of sulfonamides is 1. The summed E-state index contributed by atoms with van der Waals surface area (Å²) in [6, 6.07) is 11.3. The van der Waals surface area contributed by atoms with Crippen LogP contribution in [0.3, 0.4) is 0 Å². The van der Waals surface area contributed by atoms with Gasteiger partial charge in [-0.1, -0.05) is 30.4 Å². The first-order chi connectivity index (χ1) is 20.6. The van der Waals surface area contributed by atoms with Crippen LogP contribution in [0.15, 0.2) is 53.5 Å². The maximum atomic E-state index is 13.4. The first-order valence-electron chi connectivity index (χ1n) is 14.2. The van der Waals surface area contributed by atoms with E-state index < -0.39 is 27.7 Å². The number of nitrogens with one attached hydrogen (secondary N) is 1. The van der Waals surface area contributed by atoms with E-state index in [1.807, 2.05) is 0 Å². The zero-order valence-electron chi connectivity index (χ0n) is 25.0. The second kappa shape index (κ2) is 17.0. The summed E-state index contributed by atoms with van der Waals surface area (Å²) in [5, 5.41) is 7.64. The highest BCUT2D eigenvalue weighted by molar-refractivity contribution is 7.93. The van der Waals surface area contributed by atoms with E-state index in [1.165, 1.54) is 18.2 Å². The van der Waals surface area contributed by atoms with E-state index in [4.69, 9.17) is 26.4 Å². The van der Waals surface area contributed by atoms with Crippen molar-refractivity contribution in [2.75, 3.05) is 42.8 Å². The van der Waals surface area contributed by atoms with Crippen LogP contribution in [0.4, 0.5) is 5.69 Å². The molecule has 1 saturated heterocycles. The molecule has 0 atom stereocenters. The van der Waals surface area contributed by atoms with Crippen molar-refractivity contribution in [1.82, 2.24) is 4.90 Å². The summed E-state index contributed by atoms with van der Waals surface area (Å²) in [6.45, 7) is 3.93. The molecule has 45 heavy (non-hydrogen) atoms. The first kappa shape index (κ1) is 37.4.